The van der Waals surface area contributed by atoms with Crippen molar-refractivity contribution in [2.75, 3.05) is 9.80 Å². The molecule has 0 bridgehead atoms. The van der Waals surface area contributed by atoms with Crippen LogP contribution >= 0.6 is 0 Å². The van der Waals surface area contributed by atoms with Crippen LogP contribution in [0.15, 0.2) is 328 Å². The molecular weight excluding hydrogens is 1190 g/mol. The number of hydrogen-bond acceptors (Lipinski definition) is 2. The Labute approximate surface area is 583 Å². The van der Waals surface area contributed by atoms with Crippen molar-refractivity contribution in [3.63, 3.8) is 0 Å². The van der Waals surface area contributed by atoms with E-state index in [9.17, 15) is 0 Å². The monoisotopic (exact) mass is 1270 g/mol. The molecule has 99 heavy (non-hydrogen) atoms. The van der Waals surface area contributed by atoms with Crippen molar-refractivity contribution in [2.45, 2.75) is 57.8 Å². The normalized spacial score (nSPS) is 13.9. The van der Waals surface area contributed by atoms with Crippen LogP contribution < -0.4 is 9.80 Å². The van der Waals surface area contributed by atoms with Gasteiger partial charge in [-0.3, -0.25) is 0 Å². The van der Waals surface area contributed by atoms with Crippen LogP contribution in [0.25, 0.3) is 102 Å². The second kappa shape index (κ2) is 24.4. The van der Waals surface area contributed by atoms with Gasteiger partial charge in [-0.2, -0.15) is 0 Å². The number of hydrogen-bond donors (Lipinski definition) is 0. The van der Waals surface area contributed by atoms with Crippen molar-refractivity contribution in [1.82, 2.24) is 0 Å². The molecule has 0 unspecified atom stereocenters. The third-order valence-corrected chi connectivity index (χ3v) is 21.5. The highest BCUT2D eigenvalue weighted by Gasteiger charge is 2.39. The third kappa shape index (κ3) is 10.6. The standard InChI is InChI=1S/C97H76N2/c1-95(2)85-59-65(43-45-67-49-55-81-83-57-51-73(63-89(83)96(3,4)87(81)61-67)98(91-39-23-19-35-75(91)69-27-11-7-12-28-69)92-40-24-20-36-76(92)70-29-13-8-14-30-70)47-53-79(85)80-54-48-66(60-86(80)95)44-46-68-50-56-82-84-58-52-74(64-90(84)97(5,6)88(82)62-68)99(93-41-25-21-37-77(93)71-31-15-9-16-32-71)94-42-26-22-38-78(94)72-33-17-10-18-34-72/h7-64H,1-6H3/b45-43+,46-44+. The van der Waals surface area contributed by atoms with Gasteiger partial charge in [0.05, 0.1) is 22.7 Å². The lowest BCUT2D eigenvalue weighted by Crippen LogP contribution is -2.17. The van der Waals surface area contributed by atoms with Gasteiger partial charge in [-0.25, -0.2) is 0 Å². The van der Waals surface area contributed by atoms with E-state index >= 15 is 0 Å². The number of para-hydroxylation sites is 4. The molecule has 0 N–H and O–H groups in total. The Morgan fingerprint density at radius 2 is 0.394 bits per heavy atom. The van der Waals surface area contributed by atoms with Crippen molar-refractivity contribution in [2.24, 2.45) is 0 Å². The molecule has 0 fully saturated rings. The third-order valence-electron chi connectivity index (χ3n) is 21.5. The Kier molecular flexibility index (Phi) is 15.0. The highest BCUT2D eigenvalue weighted by Crippen LogP contribution is 2.56. The molecule has 0 aliphatic heterocycles. The molecule has 0 spiro atoms. The van der Waals surface area contributed by atoms with Gasteiger partial charge in [-0.15, -0.1) is 0 Å². The second-order valence-corrected chi connectivity index (χ2v) is 28.4. The summed E-state index contributed by atoms with van der Waals surface area (Å²) in [4.78, 5) is 4.95. The average molecular weight is 1270 g/mol. The minimum absolute atomic E-state index is 0.186. The second-order valence-electron chi connectivity index (χ2n) is 28.4. The molecule has 14 aromatic carbocycles. The summed E-state index contributed by atoms with van der Waals surface area (Å²) < 4.78 is 0. The van der Waals surface area contributed by atoms with E-state index in [1.54, 1.807) is 0 Å². The van der Waals surface area contributed by atoms with Crippen molar-refractivity contribution < 1.29 is 0 Å². The quantitative estimate of drug-likeness (QED) is 0.100. The molecule has 0 atom stereocenters. The van der Waals surface area contributed by atoms with Crippen molar-refractivity contribution in [1.29, 1.82) is 0 Å². The summed E-state index contributed by atoms with van der Waals surface area (Å²) in [6, 6.07) is 121. The zero-order valence-corrected chi connectivity index (χ0v) is 56.9. The summed E-state index contributed by atoms with van der Waals surface area (Å²) in [7, 11) is 0. The van der Waals surface area contributed by atoms with E-state index < -0.39 is 0 Å². The molecule has 3 aliphatic carbocycles. The Morgan fingerprint density at radius 1 is 0.192 bits per heavy atom. The Bertz CT molecular complexity index is 5010. The molecule has 2 nitrogen and oxygen atoms in total. The SMILES string of the molecule is CC1(C)c2cc(/C=C/c3ccc4c(c3)C(C)(C)c3cc(N(c5ccccc5-c5ccccc5)c5ccccc5-c5ccccc5)ccc3-4)ccc2-c2ccc(/C=C/c3ccc4c(c3)C(C)(C)c3cc(N(c5ccccc5-c5ccccc5)c5ccccc5-c5ccccc5)ccc3-4)cc21. The lowest BCUT2D eigenvalue weighted by molar-refractivity contribution is 0.660. The zero-order valence-electron chi connectivity index (χ0n) is 56.9. The number of nitrogens with zero attached hydrogens (tertiary/aromatic N) is 2. The first-order valence-electron chi connectivity index (χ1n) is 34.8. The highest BCUT2D eigenvalue weighted by molar-refractivity contribution is 5.98. The van der Waals surface area contributed by atoms with Crippen LogP contribution in [0.5, 0.6) is 0 Å². The Balaban J connectivity index is 0.629. The van der Waals surface area contributed by atoms with Crippen LogP contribution in [0.1, 0.15) is 97.2 Å². The fourth-order valence-electron chi connectivity index (χ4n) is 16.3. The van der Waals surface area contributed by atoms with Gasteiger partial charge in [-0.1, -0.05) is 345 Å². The lowest BCUT2D eigenvalue weighted by atomic mass is 9.81. The summed E-state index contributed by atoms with van der Waals surface area (Å²) in [6.07, 6.45) is 9.21. The molecule has 0 saturated heterocycles. The van der Waals surface area contributed by atoms with Gasteiger partial charge in [0.25, 0.3) is 0 Å². The fraction of sp³-hybridized carbons (Fsp3) is 0.0928. The van der Waals surface area contributed by atoms with E-state index in [1.165, 1.54) is 134 Å². The van der Waals surface area contributed by atoms with Gasteiger partial charge in [0.1, 0.15) is 0 Å². The molecule has 2 heteroatoms. The van der Waals surface area contributed by atoms with Crippen LogP contribution in [0, 0.1) is 0 Å². The lowest BCUT2D eigenvalue weighted by Gasteiger charge is -2.31. The topological polar surface area (TPSA) is 6.48 Å². The maximum atomic E-state index is 2.48. The van der Waals surface area contributed by atoms with Gasteiger partial charge >= 0.3 is 0 Å². The van der Waals surface area contributed by atoms with E-state index in [0.29, 0.717) is 0 Å². The minimum Gasteiger partial charge on any atom is -0.309 e. The number of fused-ring (bicyclic) bond motifs is 9. The van der Waals surface area contributed by atoms with Crippen LogP contribution in [-0.4, -0.2) is 0 Å². The van der Waals surface area contributed by atoms with Gasteiger partial charge in [0.15, 0.2) is 0 Å². The van der Waals surface area contributed by atoms with Crippen LogP contribution in [0.4, 0.5) is 34.1 Å². The summed E-state index contributed by atoms with van der Waals surface area (Å²) in [6.45, 7) is 14.4. The fourth-order valence-corrected chi connectivity index (χ4v) is 16.3. The van der Waals surface area contributed by atoms with E-state index in [4.69, 9.17) is 0 Å². The first-order chi connectivity index (χ1) is 48.4. The number of rotatable bonds is 14. The summed E-state index contributed by atoms with van der Waals surface area (Å²) in [5.74, 6) is 0. The van der Waals surface area contributed by atoms with Gasteiger partial charge in [0, 0.05) is 49.9 Å². The predicted octanol–water partition coefficient (Wildman–Crippen LogP) is 26.6. The minimum atomic E-state index is -0.249. The molecule has 0 saturated carbocycles. The Hall–Kier alpha value is -11.8. The zero-order chi connectivity index (χ0) is 67.0. The summed E-state index contributed by atoms with van der Waals surface area (Å²) >= 11 is 0. The van der Waals surface area contributed by atoms with Crippen LogP contribution in [-0.2, 0) is 16.2 Å². The molecule has 474 valence electrons. The molecular formula is C97H76N2. The van der Waals surface area contributed by atoms with Crippen LogP contribution in [0.2, 0.25) is 0 Å². The van der Waals surface area contributed by atoms with Crippen LogP contribution in [0.3, 0.4) is 0 Å². The number of anilines is 6. The molecule has 0 aromatic heterocycles. The molecule has 3 aliphatic rings. The maximum Gasteiger partial charge on any atom is 0.0540 e. The first kappa shape index (κ1) is 60.8. The van der Waals surface area contributed by atoms with Crippen molar-refractivity contribution in [3.8, 4) is 77.9 Å². The van der Waals surface area contributed by atoms with E-state index in [-0.39, 0.29) is 16.2 Å². The van der Waals surface area contributed by atoms with Crippen molar-refractivity contribution in [3.05, 3.63) is 383 Å². The first-order valence-corrected chi connectivity index (χ1v) is 34.8. The summed E-state index contributed by atoms with van der Waals surface area (Å²) in [5, 5.41) is 0. The van der Waals surface area contributed by atoms with Gasteiger partial charge in [-0.05, 0) is 160 Å². The maximum absolute atomic E-state index is 2.48. The smallest absolute Gasteiger partial charge is 0.0540 e. The summed E-state index contributed by atoms with van der Waals surface area (Å²) in [5.41, 5.74) is 36.3. The van der Waals surface area contributed by atoms with E-state index in [2.05, 4.69) is 403 Å². The highest BCUT2D eigenvalue weighted by atomic mass is 15.2. The molecule has 0 radical (unpaired) electrons. The number of benzene rings is 14. The largest absolute Gasteiger partial charge is 0.309 e. The molecule has 14 aromatic rings. The molecule has 0 heterocycles. The van der Waals surface area contributed by atoms with E-state index in [0.717, 1.165) is 34.1 Å². The van der Waals surface area contributed by atoms with Gasteiger partial charge in [0.2, 0.25) is 0 Å². The van der Waals surface area contributed by atoms with E-state index in [1.807, 2.05) is 0 Å². The molecule has 0 amide bonds. The Morgan fingerprint density at radius 3 is 0.636 bits per heavy atom. The predicted molar refractivity (Wildman–Crippen MR) is 421 cm³/mol. The molecule has 17 rings (SSSR count). The average Bonchev–Trinajstić information content (AvgIpc) is 1.64. The van der Waals surface area contributed by atoms with Crippen molar-refractivity contribution >= 4 is 58.4 Å². The van der Waals surface area contributed by atoms with Gasteiger partial charge < -0.3 is 9.80 Å².